The van der Waals surface area contributed by atoms with E-state index in [1.54, 1.807) is 22.9 Å². The van der Waals surface area contributed by atoms with Gasteiger partial charge in [0.2, 0.25) is 5.91 Å². The third-order valence-corrected chi connectivity index (χ3v) is 3.29. The van der Waals surface area contributed by atoms with E-state index in [1.165, 1.54) is 6.07 Å². The van der Waals surface area contributed by atoms with Crippen molar-refractivity contribution in [2.24, 2.45) is 0 Å². The van der Waals surface area contributed by atoms with E-state index < -0.39 is 0 Å². The molecule has 1 aliphatic rings. The van der Waals surface area contributed by atoms with Gasteiger partial charge in [-0.25, -0.2) is 0 Å². The van der Waals surface area contributed by atoms with Crippen LogP contribution in [-0.4, -0.2) is 41.1 Å². The van der Waals surface area contributed by atoms with Crippen molar-refractivity contribution in [2.45, 2.75) is 25.9 Å². The predicted molar refractivity (Wildman–Crippen MR) is 69.4 cm³/mol. The lowest BCUT2D eigenvalue weighted by Gasteiger charge is -2.34. The Morgan fingerprint density at radius 2 is 2.33 bits per heavy atom. The molecule has 1 fully saturated rings. The minimum absolute atomic E-state index is 0.0568. The number of carbonyl (C=O) groups is 1. The molecule has 0 unspecified atom stereocenters. The lowest BCUT2D eigenvalue weighted by molar-refractivity contribution is -0.134. The molecule has 1 aromatic heterocycles. The van der Waals surface area contributed by atoms with Gasteiger partial charge in [0.05, 0.1) is 0 Å². The fraction of sp³-hybridized carbons (Fsp3) is 0.538. The van der Waals surface area contributed by atoms with Gasteiger partial charge in [0.25, 0.3) is 5.56 Å². The quantitative estimate of drug-likeness (QED) is 0.824. The molecule has 0 aliphatic carbocycles. The molecule has 1 saturated heterocycles. The zero-order valence-corrected chi connectivity index (χ0v) is 10.6. The van der Waals surface area contributed by atoms with Crippen molar-refractivity contribution in [3.05, 3.63) is 34.7 Å². The molecule has 5 heteroatoms. The number of aromatic nitrogens is 1. The van der Waals surface area contributed by atoms with Gasteiger partial charge in [-0.1, -0.05) is 6.07 Å². The van der Waals surface area contributed by atoms with Crippen molar-refractivity contribution in [1.82, 2.24) is 14.8 Å². The monoisotopic (exact) mass is 249 g/mol. The highest BCUT2D eigenvalue weighted by atomic mass is 16.2. The Balaban J connectivity index is 1.92. The Labute approximate surface area is 106 Å². The molecule has 1 aliphatic heterocycles. The summed E-state index contributed by atoms with van der Waals surface area (Å²) >= 11 is 0. The summed E-state index contributed by atoms with van der Waals surface area (Å²) in [6, 6.07) is 5.26. The second kappa shape index (κ2) is 5.82. The standard InChI is InChI=1S/C13H19N3O2/c1-11-10-14-6-9-16(11)13(18)5-8-15-7-3-2-4-12(15)17/h2-4,7,11,14H,5-6,8-10H2,1H3/t11-/m1/s1. The SMILES string of the molecule is C[C@@H]1CNCCN1C(=O)CCn1ccccc1=O. The van der Waals surface area contributed by atoms with Crippen molar-refractivity contribution in [1.29, 1.82) is 0 Å². The molecule has 5 nitrogen and oxygen atoms in total. The van der Waals surface area contributed by atoms with Crippen molar-refractivity contribution < 1.29 is 4.79 Å². The van der Waals surface area contributed by atoms with E-state index in [-0.39, 0.29) is 17.5 Å². The van der Waals surface area contributed by atoms with Crippen LogP contribution in [0, 0.1) is 0 Å². The van der Waals surface area contributed by atoms with Crippen molar-refractivity contribution in [2.75, 3.05) is 19.6 Å². The molecule has 2 rings (SSSR count). The first-order valence-electron chi connectivity index (χ1n) is 6.34. The average Bonchev–Trinajstić information content (AvgIpc) is 2.38. The highest BCUT2D eigenvalue weighted by molar-refractivity contribution is 5.76. The topological polar surface area (TPSA) is 54.3 Å². The fourth-order valence-corrected chi connectivity index (χ4v) is 2.22. The fourth-order valence-electron chi connectivity index (χ4n) is 2.22. The molecule has 1 aromatic rings. The number of carbonyl (C=O) groups excluding carboxylic acids is 1. The van der Waals surface area contributed by atoms with Crippen molar-refractivity contribution in [3.63, 3.8) is 0 Å². The van der Waals surface area contributed by atoms with Gasteiger partial charge in [0.1, 0.15) is 0 Å². The van der Waals surface area contributed by atoms with E-state index in [1.807, 2.05) is 11.8 Å². The predicted octanol–water partition coefficient (Wildman–Crippen LogP) is 0.0587. The van der Waals surface area contributed by atoms with Gasteiger partial charge < -0.3 is 14.8 Å². The summed E-state index contributed by atoms with van der Waals surface area (Å²) in [5.41, 5.74) is -0.0568. The Morgan fingerprint density at radius 3 is 3.06 bits per heavy atom. The van der Waals surface area contributed by atoms with Gasteiger partial charge in [-0.3, -0.25) is 9.59 Å². The molecule has 1 N–H and O–H groups in total. The summed E-state index contributed by atoms with van der Waals surface area (Å²) in [4.78, 5) is 25.5. The molecule has 1 atom stereocenters. The third-order valence-electron chi connectivity index (χ3n) is 3.29. The van der Waals surface area contributed by atoms with E-state index in [4.69, 9.17) is 0 Å². The number of hydrogen-bond acceptors (Lipinski definition) is 3. The minimum Gasteiger partial charge on any atom is -0.337 e. The van der Waals surface area contributed by atoms with Crippen LogP contribution in [0.15, 0.2) is 29.2 Å². The molecule has 0 saturated carbocycles. The molecule has 98 valence electrons. The van der Waals surface area contributed by atoms with E-state index in [9.17, 15) is 9.59 Å². The molecule has 2 heterocycles. The maximum Gasteiger partial charge on any atom is 0.250 e. The highest BCUT2D eigenvalue weighted by Crippen LogP contribution is 2.05. The number of aryl methyl sites for hydroxylation is 1. The zero-order valence-electron chi connectivity index (χ0n) is 10.6. The van der Waals surface area contributed by atoms with Crippen LogP contribution in [-0.2, 0) is 11.3 Å². The lowest BCUT2D eigenvalue weighted by atomic mass is 10.2. The van der Waals surface area contributed by atoms with Gasteiger partial charge in [-0.2, -0.15) is 0 Å². The minimum atomic E-state index is -0.0568. The average molecular weight is 249 g/mol. The first-order valence-corrected chi connectivity index (χ1v) is 6.34. The number of rotatable bonds is 3. The van der Waals surface area contributed by atoms with Crippen LogP contribution < -0.4 is 10.9 Å². The van der Waals surface area contributed by atoms with Gasteiger partial charge in [-0.15, -0.1) is 0 Å². The summed E-state index contributed by atoms with van der Waals surface area (Å²) in [5, 5.41) is 3.25. The summed E-state index contributed by atoms with van der Waals surface area (Å²) in [6.45, 7) is 4.94. The van der Waals surface area contributed by atoms with Crippen LogP contribution in [0.25, 0.3) is 0 Å². The van der Waals surface area contributed by atoms with Gasteiger partial charge in [0.15, 0.2) is 0 Å². The normalized spacial score (nSPS) is 19.8. The lowest BCUT2D eigenvalue weighted by Crippen LogP contribution is -2.52. The van der Waals surface area contributed by atoms with E-state index in [2.05, 4.69) is 5.32 Å². The van der Waals surface area contributed by atoms with Crippen LogP contribution in [0.5, 0.6) is 0 Å². The summed E-state index contributed by atoms with van der Waals surface area (Å²) in [7, 11) is 0. The number of nitrogens with one attached hydrogen (secondary N) is 1. The van der Waals surface area contributed by atoms with Crippen LogP contribution in [0.3, 0.4) is 0 Å². The van der Waals surface area contributed by atoms with Crippen molar-refractivity contribution >= 4 is 5.91 Å². The highest BCUT2D eigenvalue weighted by Gasteiger charge is 2.22. The van der Waals surface area contributed by atoms with Crippen LogP contribution in [0.4, 0.5) is 0 Å². The van der Waals surface area contributed by atoms with Gasteiger partial charge in [-0.05, 0) is 13.0 Å². The molecule has 0 bridgehead atoms. The van der Waals surface area contributed by atoms with Gasteiger partial charge in [0, 0.05) is 50.9 Å². The second-order valence-corrected chi connectivity index (χ2v) is 4.62. The Morgan fingerprint density at radius 1 is 1.50 bits per heavy atom. The number of pyridine rings is 1. The first-order chi connectivity index (χ1) is 8.68. The number of nitrogens with zero attached hydrogens (tertiary/aromatic N) is 2. The maximum atomic E-state index is 12.1. The second-order valence-electron chi connectivity index (χ2n) is 4.62. The summed E-state index contributed by atoms with van der Waals surface area (Å²) < 4.78 is 1.57. The van der Waals surface area contributed by atoms with Crippen LogP contribution in [0.2, 0.25) is 0 Å². The van der Waals surface area contributed by atoms with E-state index in [0.717, 1.165) is 19.6 Å². The Kier molecular flexibility index (Phi) is 4.15. The Hall–Kier alpha value is -1.62. The smallest absolute Gasteiger partial charge is 0.250 e. The zero-order chi connectivity index (χ0) is 13.0. The molecular formula is C13H19N3O2. The molecule has 0 radical (unpaired) electrons. The van der Waals surface area contributed by atoms with Crippen LogP contribution >= 0.6 is 0 Å². The summed E-state index contributed by atoms with van der Waals surface area (Å²) in [6.07, 6.45) is 2.10. The summed E-state index contributed by atoms with van der Waals surface area (Å²) in [5.74, 6) is 0.125. The van der Waals surface area contributed by atoms with E-state index in [0.29, 0.717) is 13.0 Å². The first kappa shape index (κ1) is 12.8. The number of amides is 1. The molecule has 18 heavy (non-hydrogen) atoms. The maximum absolute atomic E-state index is 12.1. The molecule has 0 spiro atoms. The largest absolute Gasteiger partial charge is 0.337 e. The number of piperazine rings is 1. The third kappa shape index (κ3) is 2.98. The molecular weight excluding hydrogens is 230 g/mol. The number of hydrogen-bond donors (Lipinski definition) is 1. The van der Waals surface area contributed by atoms with E-state index >= 15 is 0 Å². The Bertz CT molecular complexity index is 469. The van der Waals surface area contributed by atoms with Gasteiger partial charge >= 0.3 is 0 Å². The molecule has 0 aromatic carbocycles. The van der Waals surface area contributed by atoms with Crippen LogP contribution in [0.1, 0.15) is 13.3 Å². The van der Waals surface area contributed by atoms with Crippen molar-refractivity contribution in [3.8, 4) is 0 Å². The molecule has 1 amide bonds.